The zero-order valence-corrected chi connectivity index (χ0v) is 26.9. The van der Waals surface area contributed by atoms with E-state index in [4.69, 9.17) is 13.8 Å². The molecule has 0 N–H and O–H groups in total. The normalized spacial score (nSPS) is 15.0. The van der Waals surface area contributed by atoms with Gasteiger partial charge in [0.15, 0.2) is 0 Å². The fourth-order valence-corrected chi connectivity index (χ4v) is 6.05. The Hall–Kier alpha value is -1.95. The van der Waals surface area contributed by atoms with Crippen molar-refractivity contribution in [3.8, 4) is 0 Å². The van der Waals surface area contributed by atoms with Crippen LogP contribution in [0, 0.1) is 18.3 Å². The molecule has 11 heteroatoms. The van der Waals surface area contributed by atoms with Gasteiger partial charge in [-0.15, -0.1) is 0 Å². The molecule has 38 heavy (non-hydrogen) atoms. The number of carbonyl (C=O) groups is 2. The minimum absolute atomic E-state index is 0.0345. The average molecular weight is 568 g/mol. The maximum absolute atomic E-state index is 14.0. The number of carbonyl (C=O) groups excluding carboxylic acids is 2. The van der Waals surface area contributed by atoms with Gasteiger partial charge in [-0.3, -0.25) is 9.59 Å². The third-order valence-electron chi connectivity index (χ3n) is 7.14. The third kappa shape index (κ3) is 8.03. The molecule has 214 valence electrons. The van der Waals surface area contributed by atoms with E-state index in [2.05, 4.69) is 0 Å². The Balaban J connectivity index is 3.64. The first-order valence-corrected chi connectivity index (χ1v) is 17.2. The molecule has 0 fully saturated rings. The van der Waals surface area contributed by atoms with Crippen LogP contribution in [-0.4, -0.2) is 59.8 Å². The maximum Gasteiger partial charge on any atom is 0.379 e. The Bertz CT molecular complexity index is 1090. The Morgan fingerprint density at radius 2 is 1.58 bits per heavy atom. The number of hydrogen-bond acceptors (Lipinski definition) is 7. The van der Waals surface area contributed by atoms with Gasteiger partial charge in [-0.1, -0.05) is 64.5 Å². The standard InChI is InChI=1S/C27H46BNO7SSi/c1-13-14-22(27(8,9)25(31)34-10)35-28-29(37(32,33)21-17-15-20(4)16-18-21)23(19(2)3)24(30)36-38(11,12)26(5,6)7/h13-19,22-23,28H,1-12H3/b14-13+/t22-,23-/m0/s1. The number of nitrogens with zero attached hydrogens (tertiary/aromatic N) is 1. The number of aryl methyl sites for hydroxylation is 1. The summed E-state index contributed by atoms with van der Waals surface area (Å²) in [4.78, 5) is 26.2. The van der Waals surface area contributed by atoms with Crippen molar-refractivity contribution in [3.63, 3.8) is 0 Å². The molecule has 0 heterocycles. The smallest absolute Gasteiger partial charge is 0.379 e. The number of rotatable bonds is 12. The van der Waals surface area contributed by atoms with Crippen LogP contribution >= 0.6 is 0 Å². The molecule has 8 nitrogen and oxygen atoms in total. The summed E-state index contributed by atoms with van der Waals surface area (Å²) in [6.45, 7) is 20.4. The van der Waals surface area contributed by atoms with Crippen molar-refractivity contribution in [1.29, 1.82) is 0 Å². The van der Waals surface area contributed by atoms with Gasteiger partial charge in [0.2, 0.25) is 10.0 Å². The topological polar surface area (TPSA) is 99.2 Å². The van der Waals surface area contributed by atoms with Crippen molar-refractivity contribution < 1.29 is 31.8 Å². The summed E-state index contributed by atoms with van der Waals surface area (Å²) in [6.07, 6.45) is 2.58. The molecule has 0 radical (unpaired) electrons. The SMILES string of the molecule is C/C=C/[C@H](OBN([C@H](C(=O)O[Si](C)(C)C(C)(C)C)C(C)C)S(=O)(=O)c1ccc(C)cc1)C(C)(C)C(=O)OC. The number of methoxy groups -OCH3 is 1. The summed E-state index contributed by atoms with van der Waals surface area (Å²) in [5.74, 6) is -1.54. The first kappa shape index (κ1) is 34.1. The predicted molar refractivity (Wildman–Crippen MR) is 155 cm³/mol. The monoisotopic (exact) mass is 567 g/mol. The Kier molecular flexibility index (Phi) is 11.6. The van der Waals surface area contributed by atoms with Crippen molar-refractivity contribution in [3.05, 3.63) is 42.0 Å². The van der Waals surface area contributed by atoms with Crippen LogP contribution in [0.4, 0.5) is 0 Å². The average Bonchev–Trinajstić information content (AvgIpc) is 2.78. The number of ether oxygens (including phenoxy) is 1. The van der Waals surface area contributed by atoms with Crippen LogP contribution in [0.2, 0.25) is 18.1 Å². The summed E-state index contributed by atoms with van der Waals surface area (Å²) in [5.41, 5.74) is -0.215. The van der Waals surface area contributed by atoms with Gasteiger partial charge in [-0.2, -0.15) is 4.22 Å². The van der Waals surface area contributed by atoms with Gasteiger partial charge in [-0.25, -0.2) is 8.42 Å². The molecule has 0 aliphatic carbocycles. The largest absolute Gasteiger partial charge is 0.518 e. The highest BCUT2D eigenvalue weighted by Gasteiger charge is 2.46. The summed E-state index contributed by atoms with van der Waals surface area (Å²) >= 11 is 0. The van der Waals surface area contributed by atoms with Gasteiger partial charge in [0.1, 0.15) is 6.04 Å². The van der Waals surface area contributed by atoms with E-state index >= 15 is 0 Å². The second kappa shape index (κ2) is 12.9. The van der Waals surface area contributed by atoms with E-state index in [9.17, 15) is 18.0 Å². The van der Waals surface area contributed by atoms with Crippen molar-refractivity contribution in [2.75, 3.05) is 7.11 Å². The molecular weight excluding hydrogens is 521 g/mol. The molecule has 0 aromatic heterocycles. The van der Waals surface area contributed by atoms with Gasteiger partial charge in [0, 0.05) is 0 Å². The zero-order chi connectivity index (χ0) is 29.7. The van der Waals surface area contributed by atoms with E-state index in [1.807, 2.05) is 40.8 Å². The van der Waals surface area contributed by atoms with Gasteiger partial charge < -0.3 is 13.8 Å². The second-order valence-corrected chi connectivity index (χ2v) is 18.6. The van der Waals surface area contributed by atoms with Crippen LogP contribution in [0.25, 0.3) is 0 Å². The fraction of sp³-hybridized carbons (Fsp3) is 0.630. The van der Waals surface area contributed by atoms with E-state index < -0.39 is 61.4 Å². The number of esters is 1. The van der Waals surface area contributed by atoms with E-state index in [1.165, 1.54) is 19.2 Å². The number of hydrogen-bond donors (Lipinski definition) is 0. The highest BCUT2D eigenvalue weighted by atomic mass is 32.2. The molecule has 1 rings (SSSR count). The molecule has 0 bridgehead atoms. The van der Waals surface area contributed by atoms with Crippen molar-refractivity contribution >= 4 is 37.9 Å². The Morgan fingerprint density at radius 1 is 1.05 bits per heavy atom. The number of sulfonamides is 1. The molecule has 0 unspecified atom stereocenters. The molecule has 2 atom stereocenters. The zero-order valence-electron chi connectivity index (χ0n) is 25.1. The van der Waals surface area contributed by atoms with Crippen LogP contribution in [0.15, 0.2) is 41.3 Å². The van der Waals surface area contributed by atoms with E-state index in [0.29, 0.717) is 0 Å². The van der Waals surface area contributed by atoms with Crippen LogP contribution < -0.4 is 0 Å². The predicted octanol–water partition coefficient (Wildman–Crippen LogP) is 4.99. The maximum atomic E-state index is 14.0. The lowest BCUT2D eigenvalue weighted by Crippen LogP contribution is -2.55. The molecule has 0 saturated heterocycles. The van der Waals surface area contributed by atoms with Crippen LogP contribution in [0.3, 0.4) is 0 Å². The van der Waals surface area contributed by atoms with Gasteiger partial charge in [0.25, 0.3) is 8.32 Å². The molecule has 0 aliphatic heterocycles. The summed E-state index contributed by atoms with van der Waals surface area (Å²) in [6, 6.07) is 5.27. The Morgan fingerprint density at radius 3 is 2.00 bits per heavy atom. The number of allylic oxidation sites excluding steroid dienone is 1. The summed E-state index contributed by atoms with van der Waals surface area (Å²) in [5, 5.41) is -0.261. The molecule has 1 aromatic carbocycles. The number of benzene rings is 1. The molecule has 0 spiro atoms. The lowest BCUT2D eigenvalue weighted by atomic mass is 9.85. The summed E-state index contributed by atoms with van der Waals surface area (Å²) in [7, 11) is -5.94. The lowest BCUT2D eigenvalue weighted by molar-refractivity contribution is -0.155. The van der Waals surface area contributed by atoms with Crippen LogP contribution in [0.1, 0.15) is 61.0 Å². The molecular formula is C27H46BNO7SSi. The van der Waals surface area contributed by atoms with Crippen molar-refractivity contribution in [2.24, 2.45) is 11.3 Å². The van der Waals surface area contributed by atoms with Gasteiger partial charge in [0.05, 0.1) is 23.5 Å². The van der Waals surface area contributed by atoms with Crippen LogP contribution in [0.5, 0.6) is 0 Å². The fourth-order valence-electron chi connectivity index (χ4n) is 3.54. The van der Waals surface area contributed by atoms with Crippen molar-refractivity contribution in [2.45, 2.75) is 97.5 Å². The second-order valence-electron chi connectivity index (χ2n) is 12.0. The first-order chi connectivity index (χ1) is 17.2. The van der Waals surface area contributed by atoms with Gasteiger partial charge >= 0.3 is 19.6 Å². The molecule has 1 aromatic rings. The molecule has 0 amide bonds. The quantitative estimate of drug-likeness (QED) is 0.199. The lowest BCUT2D eigenvalue weighted by Gasteiger charge is -2.39. The highest BCUT2D eigenvalue weighted by molar-refractivity contribution is 7.90. The first-order valence-electron chi connectivity index (χ1n) is 12.9. The van der Waals surface area contributed by atoms with E-state index in [1.54, 1.807) is 58.9 Å². The minimum Gasteiger partial charge on any atom is -0.518 e. The third-order valence-corrected chi connectivity index (χ3v) is 13.3. The summed E-state index contributed by atoms with van der Waals surface area (Å²) < 4.78 is 46.2. The molecule has 0 aliphatic rings. The van der Waals surface area contributed by atoms with E-state index in [-0.39, 0.29) is 9.93 Å². The van der Waals surface area contributed by atoms with E-state index in [0.717, 1.165) is 9.78 Å². The Labute approximate surface area is 231 Å². The van der Waals surface area contributed by atoms with Gasteiger partial charge in [-0.05, 0) is 63.9 Å². The highest BCUT2D eigenvalue weighted by Crippen LogP contribution is 2.37. The van der Waals surface area contributed by atoms with Crippen molar-refractivity contribution in [1.82, 2.24) is 4.22 Å². The minimum atomic E-state index is -4.20. The van der Waals surface area contributed by atoms with Crippen LogP contribution in [-0.2, 0) is 33.4 Å². The molecule has 0 saturated carbocycles.